The van der Waals surface area contributed by atoms with Crippen LogP contribution in [0.15, 0.2) is 84.7 Å². The van der Waals surface area contributed by atoms with Crippen molar-refractivity contribution < 1.29 is 14.3 Å². The van der Waals surface area contributed by atoms with Crippen LogP contribution in [0.3, 0.4) is 0 Å². The lowest BCUT2D eigenvalue weighted by molar-refractivity contribution is 0.136. The average Bonchev–Trinajstić information content (AvgIpc) is 3.58. The molecule has 0 spiro atoms. The van der Waals surface area contributed by atoms with Crippen molar-refractivity contribution in [1.82, 2.24) is 25.2 Å². The molecule has 10 heteroatoms. The topological polar surface area (TPSA) is 91.4 Å². The van der Waals surface area contributed by atoms with Crippen molar-refractivity contribution in [3.8, 4) is 11.5 Å². The Labute approximate surface area is 253 Å². The molecule has 0 radical (unpaired) electrons. The first-order chi connectivity index (χ1) is 20.5. The molecule has 0 saturated carbocycles. The van der Waals surface area contributed by atoms with Crippen molar-refractivity contribution in [2.75, 3.05) is 13.2 Å². The molecule has 8 nitrogen and oxygen atoms in total. The summed E-state index contributed by atoms with van der Waals surface area (Å²) < 4.78 is 11.8. The maximum absolute atomic E-state index is 13.7. The van der Waals surface area contributed by atoms with Gasteiger partial charge in [-0.3, -0.25) is 4.90 Å². The molecule has 214 valence electrons. The van der Waals surface area contributed by atoms with Crippen LogP contribution >= 0.6 is 23.2 Å². The third-order valence-electron chi connectivity index (χ3n) is 8.12. The summed E-state index contributed by atoms with van der Waals surface area (Å²) in [6.07, 6.45) is 5.29. The minimum Gasteiger partial charge on any atom is -0.494 e. The smallest absolute Gasteiger partial charge is 0.416 e. The Morgan fingerprint density at radius 3 is 2.48 bits per heavy atom. The van der Waals surface area contributed by atoms with Gasteiger partial charge in [-0.15, -0.1) is 0 Å². The fourth-order valence-electron chi connectivity index (χ4n) is 6.11. The number of nitrogens with zero attached hydrogens (tertiary/aromatic N) is 4. The van der Waals surface area contributed by atoms with E-state index in [1.807, 2.05) is 23.1 Å². The summed E-state index contributed by atoms with van der Waals surface area (Å²) in [5, 5.41) is 13.2. The Bertz CT molecular complexity index is 1620. The van der Waals surface area contributed by atoms with E-state index in [0.29, 0.717) is 47.6 Å². The number of carbonyl (C=O) groups excluding carboxylic acids is 1. The Morgan fingerprint density at radius 2 is 1.69 bits per heavy atom. The molecule has 7 rings (SSSR count). The zero-order chi connectivity index (χ0) is 28.6. The normalized spacial score (nSPS) is 20.7. The van der Waals surface area contributed by atoms with Crippen molar-refractivity contribution in [2.45, 2.75) is 43.9 Å². The van der Waals surface area contributed by atoms with E-state index >= 15 is 0 Å². The maximum Gasteiger partial charge on any atom is 0.416 e. The van der Waals surface area contributed by atoms with E-state index in [0.717, 1.165) is 30.6 Å². The summed E-state index contributed by atoms with van der Waals surface area (Å²) in [6, 6.07) is 21.4. The molecule has 3 atom stereocenters. The summed E-state index contributed by atoms with van der Waals surface area (Å²) in [5.41, 5.74) is 5.95. The number of rotatable bonds is 7. The molecule has 1 fully saturated rings. The van der Waals surface area contributed by atoms with Gasteiger partial charge in [-0.2, -0.15) is 15.0 Å². The van der Waals surface area contributed by atoms with Crippen molar-refractivity contribution in [2.24, 2.45) is 0 Å². The van der Waals surface area contributed by atoms with Gasteiger partial charge in [-0.05, 0) is 89.2 Å². The number of nitrogens with one attached hydrogen (secondary N) is 1. The highest BCUT2D eigenvalue weighted by molar-refractivity contribution is 6.31. The lowest BCUT2D eigenvalue weighted by Crippen LogP contribution is -2.41. The summed E-state index contributed by atoms with van der Waals surface area (Å²) in [6.45, 7) is 1.76. The van der Waals surface area contributed by atoms with Gasteiger partial charge in [-0.1, -0.05) is 41.4 Å². The third kappa shape index (κ3) is 5.50. The van der Waals surface area contributed by atoms with Crippen molar-refractivity contribution >= 4 is 34.9 Å². The molecular weight excluding hydrogens is 573 g/mol. The van der Waals surface area contributed by atoms with E-state index < -0.39 is 6.09 Å². The molecular formula is C32H29Cl2N5O3. The summed E-state index contributed by atoms with van der Waals surface area (Å²) >= 11 is 12.5. The molecule has 3 aromatic carbocycles. The van der Waals surface area contributed by atoms with Crippen LogP contribution in [0.5, 0.6) is 11.5 Å². The average molecular weight is 603 g/mol. The standard InChI is InChI=1S/C32H29Cl2N5O3/c33-21-4-9-24(10-5-21)42-32(40)38-16-12-25-27-18-22(34)6-11-26(27)30-29(37-30)19-28(25)31(38)20-2-7-23(8-3-20)41-17-1-15-39-35-13-14-36-39/h2-11,13-14,18,29-31,37H,1,12,15-17,19H2. The van der Waals surface area contributed by atoms with Crippen LogP contribution in [0.25, 0.3) is 5.57 Å². The highest BCUT2D eigenvalue weighted by atomic mass is 35.5. The second-order valence-electron chi connectivity index (χ2n) is 10.8. The van der Waals surface area contributed by atoms with Crippen molar-refractivity contribution in [3.05, 3.63) is 111 Å². The molecule has 2 aliphatic heterocycles. The third-order valence-corrected chi connectivity index (χ3v) is 8.61. The quantitative estimate of drug-likeness (QED) is 0.183. The number of fused-ring (bicyclic) bond motifs is 4. The summed E-state index contributed by atoms with van der Waals surface area (Å²) in [7, 11) is 0. The molecule has 1 amide bonds. The van der Waals surface area contributed by atoms with Crippen LogP contribution < -0.4 is 14.8 Å². The second kappa shape index (κ2) is 11.4. The number of benzene rings is 3. The van der Waals surface area contributed by atoms with Gasteiger partial charge < -0.3 is 14.8 Å². The SMILES string of the molecule is O=C(Oc1ccc(Cl)cc1)N1CCC2=C(CC3NC3c3ccc(Cl)cc32)C1c1ccc(OCCCn2nccn2)cc1. The van der Waals surface area contributed by atoms with Crippen molar-refractivity contribution in [3.63, 3.8) is 0 Å². The molecule has 4 aromatic rings. The fraction of sp³-hybridized carbons (Fsp3) is 0.281. The van der Waals surface area contributed by atoms with Crippen LogP contribution in [0, 0.1) is 0 Å². The highest BCUT2D eigenvalue weighted by Crippen LogP contribution is 2.51. The number of amides is 1. The Kier molecular flexibility index (Phi) is 7.36. The molecule has 1 saturated heterocycles. The highest BCUT2D eigenvalue weighted by Gasteiger charge is 2.46. The van der Waals surface area contributed by atoms with Gasteiger partial charge in [0.1, 0.15) is 11.5 Å². The second-order valence-corrected chi connectivity index (χ2v) is 11.6. The van der Waals surface area contributed by atoms with E-state index in [9.17, 15) is 4.79 Å². The monoisotopic (exact) mass is 601 g/mol. The molecule has 1 aliphatic carbocycles. The van der Waals surface area contributed by atoms with Crippen LogP contribution in [-0.2, 0) is 6.54 Å². The number of aryl methyl sites for hydroxylation is 1. The lowest BCUT2D eigenvalue weighted by Gasteiger charge is -2.39. The van der Waals surface area contributed by atoms with Gasteiger partial charge in [0, 0.05) is 35.1 Å². The van der Waals surface area contributed by atoms with Crippen LogP contribution in [0.4, 0.5) is 4.79 Å². The lowest BCUT2D eigenvalue weighted by atomic mass is 9.83. The molecule has 42 heavy (non-hydrogen) atoms. The largest absolute Gasteiger partial charge is 0.494 e. The van der Waals surface area contributed by atoms with Crippen LogP contribution in [0.2, 0.25) is 10.0 Å². The van der Waals surface area contributed by atoms with Gasteiger partial charge >= 0.3 is 6.09 Å². The first-order valence-corrected chi connectivity index (χ1v) is 14.9. The van der Waals surface area contributed by atoms with Gasteiger partial charge in [0.05, 0.1) is 31.6 Å². The van der Waals surface area contributed by atoms with E-state index in [4.69, 9.17) is 32.7 Å². The van der Waals surface area contributed by atoms with E-state index in [2.05, 4.69) is 39.8 Å². The molecule has 3 unspecified atom stereocenters. The molecule has 1 N–H and O–H groups in total. The number of hydrogen-bond acceptors (Lipinski definition) is 6. The Balaban J connectivity index is 1.18. The van der Waals surface area contributed by atoms with E-state index in [-0.39, 0.29) is 6.04 Å². The van der Waals surface area contributed by atoms with Gasteiger partial charge in [-0.25, -0.2) is 4.79 Å². The number of hydrogen-bond donors (Lipinski definition) is 1. The molecule has 3 heterocycles. The van der Waals surface area contributed by atoms with Crippen LogP contribution in [0.1, 0.15) is 48.0 Å². The molecule has 1 aromatic heterocycles. The van der Waals surface area contributed by atoms with Crippen molar-refractivity contribution in [1.29, 1.82) is 0 Å². The number of aromatic nitrogens is 3. The fourth-order valence-corrected chi connectivity index (χ4v) is 6.41. The summed E-state index contributed by atoms with van der Waals surface area (Å²) in [5.74, 6) is 1.23. The first-order valence-electron chi connectivity index (χ1n) is 14.1. The number of carbonyl (C=O) groups is 1. The minimum atomic E-state index is -0.391. The van der Waals surface area contributed by atoms with E-state index in [1.165, 1.54) is 22.3 Å². The minimum absolute atomic E-state index is 0.290. The van der Waals surface area contributed by atoms with E-state index in [1.54, 1.807) is 41.5 Å². The van der Waals surface area contributed by atoms with Crippen LogP contribution in [-0.4, -0.2) is 45.2 Å². The maximum atomic E-state index is 13.7. The summed E-state index contributed by atoms with van der Waals surface area (Å²) in [4.78, 5) is 17.2. The zero-order valence-corrected chi connectivity index (χ0v) is 24.3. The van der Waals surface area contributed by atoms with Gasteiger partial charge in [0.2, 0.25) is 0 Å². The Morgan fingerprint density at radius 1 is 0.952 bits per heavy atom. The number of ether oxygens (including phenoxy) is 2. The first kappa shape index (κ1) is 27.0. The zero-order valence-electron chi connectivity index (χ0n) is 22.7. The van der Waals surface area contributed by atoms with Gasteiger partial charge in [0.15, 0.2) is 0 Å². The molecule has 0 bridgehead atoms. The van der Waals surface area contributed by atoms with Gasteiger partial charge in [0.25, 0.3) is 0 Å². The predicted molar refractivity (Wildman–Crippen MR) is 161 cm³/mol. The number of halogens is 2. The Hall–Kier alpha value is -3.85. The predicted octanol–water partition coefficient (Wildman–Crippen LogP) is 6.87. The molecule has 3 aliphatic rings.